The number of nitro groups is 1. The Morgan fingerprint density at radius 2 is 2.39 bits per heavy atom. The third kappa shape index (κ3) is 3.16. The predicted molar refractivity (Wildman–Crippen MR) is 67.1 cm³/mol. The Morgan fingerprint density at radius 1 is 1.56 bits per heavy atom. The molecule has 18 heavy (non-hydrogen) atoms. The fraction of sp³-hybridized carbons (Fsp3) is 0.500. The molecule has 2 N–H and O–H groups in total. The van der Waals surface area contributed by atoms with Crippen LogP contribution in [0.25, 0.3) is 0 Å². The number of hydrogen-bond acceptors (Lipinski definition) is 4. The fourth-order valence-corrected chi connectivity index (χ4v) is 2.11. The van der Waals surface area contributed by atoms with E-state index in [1.54, 1.807) is 0 Å². The number of nitrogens with one attached hydrogen (secondary N) is 2. The van der Waals surface area contributed by atoms with Crippen LogP contribution in [0.15, 0.2) is 18.2 Å². The molecule has 1 unspecified atom stereocenters. The molecule has 0 bridgehead atoms. The summed E-state index contributed by atoms with van der Waals surface area (Å²) in [6, 6.07) is 3.68. The first-order chi connectivity index (χ1) is 8.66. The maximum atomic E-state index is 13.6. The molecule has 0 radical (unpaired) electrons. The molecule has 0 aliphatic carbocycles. The Labute approximate surface area is 105 Å². The lowest BCUT2D eigenvalue weighted by Crippen LogP contribution is -2.33. The van der Waals surface area contributed by atoms with E-state index in [0.717, 1.165) is 32.0 Å². The molecular weight excluding hydrogens is 237 g/mol. The molecule has 1 saturated heterocycles. The number of non-ortho nitro benzene ring substituents is 1. The maximum Gasteiger partial charge on any atom is 0.272 e. The van der Waals surface area contributed by atoms with Crippen molar-refractivity contribution in [2.75, 3.05) is 25.0 Å². The van der Waals surface area contributed by atoms with Crippen LogP contribution in [0, 0.1) is 21.8 Å². The number of hydrogen-bond donors (Lipinski definition) is 2. The van der Waals surface area contributed by atoms with Gasteiger partial charge in [0.25, 0.3) is 5.69 Å². The predicted octanol–water partition coefficient (Wildman–Crippen LogP) is 2.15. The van der Waals surface area contributed by atoms with Gasteiger partial charge in [0, 0.05) is 12.6 Å². The van der Waals surface area contributed by atoms with Crippen LogP contribution in [0.5, 0.6) is 0 Å². The number of benzene rings is 1. The summed E-state index contributed by atoms with van der Waals surface area (Å²) in [6.07, 6.45) is 2.25. The lowest BCUT2D eigenvalue weighted by atomic mass is 10.00. The summed E-state index contributed by atoms with van der Waals surface area (Å²) in [4.78, 5) is 9.88. The molecule has 6 heteroatoms. The Hall–Kier alpha value is -1.69. The molecular formula is C12H16FN3O2. The van der Waals surface area contributed by atoms with Gasteiger partial charge >= 0.3 is 0 Å². The number of piperidine rings is 1. The van der Waals surface area contributed by atoms with Gasteiger partial charge in [-0.15, -0.1) is 0 Å². The minimum Gasteiger partial charge on any atom is -0.382 e. The molecule has 0 amide bonds. The standard InChI is InChI=1S/C12H16FN3O2/c13-11-6-10(16(17)18)3-4-12(11)15-8-9-2-1-5-14-7-9/h3-4,6,9,14-15H,1-2,5,7-8H2. The van der Waals surface area contributed by atoms with Crippen molar-refractivity contribution in [2.45, 2.75) is 12.8 Å². The molecule has 1 fully saturated rings. The minimum absolute atomic E-state index is 0.225. The van der Waals surface area contributed by atoms with Gasteiger partial charge < -0.3 is 10.6 Å². The number of rotatable bonds is 4. The van der Waals surface area contributed by atoms with Crippen molar-refractivity contribution in [2.24, 2.45) is 5.92 Å². The number of nitro benzene ring substituents is 1. The van der Waals surface area contributed by atoms with Gasteiger partial charge in [-0.2, -0.15) is 0 Å². The van der Waals surface area contributed by atoms with E-state index in [1.165, 1.54) is 12.1 Å². The molecule has 1 aromatic rings. The first-order valence-electron chi connectivity index (χ1n) is 6.05. The quantitative estimate of drug-likeness (QED) is 0.637. The molecule has 0 aromatic heterocycles. The summed E-state index contributed by atoms with van der Waals surface area (Å²) < 4.78 is 13.6. The monoisotopic (exact) mass is 253 g/mol. The van der Waals surface area contributed by atoms with E-state index in [4.69, 9.17) is 0 Å². The van der Waals surface area contributed by atoms with Crippen LogP contribution in [0.4, 0.5) is 15.8 Å². The van der Waals surface area contributed by atoms with Crippen molar-refractivity contribution < 1.29 is 9.31 Å². The molecule has 1 aliphatic rings. The van der Waals surface area contributed by atoms with Crippen LogP contribution in [-0.2, 0) is 0 Å². The Kier molecular flexibility index (Phi) is 4.09. The SMILES string of the molecule is O=[N+]([O-])c1ccc(NCC2CCCNC2)c(F)c1. The van der Waals surface area contributed by atoms with E-state index in [9.17, 15) is 14.5 Å². The molecule has 1 heterocycles. The Morgan fingerprint density at radius 3 is 3.00 bits per heavy atom. The topological polar surface area (TPSA) is 67.2 Å². The Balaban J connectivity index is 1.94. The van der Waals surface area contributed by atoms with Gasteiger partial charge in [0.2, 0.25) is 0 Å². The van der Waals surface area contributed by atoms with Crippen LogP contribution < -0.4 is 10.6 Å². The first kappa shape index (κ1) is 12.8. The van der Waals surface area contributed by atoms with Gasteiger partial charge in [0.05, 0.1) is 16.7 Å². The number of halogens is 1. The summed E-state index contributed by atoms with van der Waals surface area (Å²) in [7, 11) is 0. The highest BCUT2D eigenvalue weighted by Crippen LogP contribution is 2.21. The van der Waals surface area contributed by atoms with Gasteiger partial charge in [0.1, 0.15) is 0 Å². The van der Waals surface area contributed by atoms with Crippen molar-refractivity contribution in [1.29, 1.82) is 0 Å². The molecule has 2 rings (SSSR count). The van der Waals surface area contributed by atoms with E-state index in [2.05, 4.69) is 10.6 Å². The van der Waals surface area contributed by atoms with E-state index < -0.39 is 10.7 Å². The van der Waals surface area contributed by atoms with Gasteiger partial charge in [-0.3, -0.25) is 10.1 Å². The molecule has 1 aliphatic heterocycles. The van der Waals surface area contributed by atoms with Crippen molar-refractivity contribution in [3.63, 3.8) is 0 Å². The summed E-state index contributed by atoms with van der Waals surface area (Å²) in [6.45, 7) is 2.66. The molecule has 0 saturated carbocycles. The summed E-state index contributed by atoms with van der Waals surface area (Å²) >= 11 is 0. The molecule has 5 nitrogen and oxygen atoms in total. The lowest BCUT2D eigenvalue weighted by molar-refractivity contribution is -0.385. The highest BCUT2D eigenvalue weighted by atomic mass is 19.1. The highest BCUT2D eigenvalue weighted by Gasteiger charge is 2.14. The van der Waals surface area contributed by atoms with Crippen LogP contribution in [0.3, 0.4) is 0 Å². The van der Waals surface area contributed by atoms with Crippen molar-refractivity contribution >= 4 is 11.4 Å². The average molecular weight is 253 g/mol. The summed E-state index contributed by atoms with van der Waals surface area (Å²) in [5.74, 6) is -0.0960. The number of anilines is 1. The van der Waals surface area contributed by atoms with Gasteiger partial charge in [-0.25, -0.2) is 4.39 Å². The zero-order valence-corrected chi connectivity index (χ0v) is 9.99. The summed E-state index contributed by atoms with van der Waals surface area (Å²) in [5, 5.41) is 16.8. The lowest BCUT2D eigenvalue weighted by Gasteiger charge is -2.23. The highest BCUT2D eigenvalue weighted by molar-refractivity contribution is 5.50. The van der Waals surface area contributed by atoms with E-state index in [1.807, 2.05) is 0 Å². The maximum absolute atomic E-state index is 13.6. The molecule has 0 spiro atoms. The second kappa shape index (κ2) is 5.77. The average Bonchev–Trinajstić information content (AvgIpc) is 2.38. The second-order valence-corrected chi connectivity index (χ2v) is 4.51. The van der Waals surface area contributed by atoms with E-state index in [0.29, 0.717) is 18.2 Å². The fourth-order valence-electron chi connectivity index (χ4n) is 2.11. The van der Waals surface area contributed by atoms with E-state index in [-0.39, 0.29) is 5.69 Å². The van der Waals surface area contributed by atoms with Crippen molar-refractivity contribution in [3.8, 4) is 0 Å². The largest absolute Gasteiger partial charge is 0.382 e. The van der Waals surface area contributed by atoms with E-state index >= 15 is 0 Å². The molecule has 1 aromatic carbocycles. The van der Waals surface area contributed by atoms with Crippen LogP contribution in [0.1, 0.15) is 12.8 Å². The molecule has 98 valence electrons. The zero-order valence-electron chi connectivity index (χ0n) is 9.99. The minimum atomic E-state index is -0.599. The Bertz CT molecular complexity index is 433. The number of nitrogens with zero attached hydrogens (tertiary/aromatic N) is 1. The van der Waals surface area contributed by atoms with Gasteiger partial charge in [0.15, 0.2) is 5.82 Å². The second-order valence-electron chi connectivity index (χ2n) is 4.51. The zero-order chi connectivity index (χ0) is 13.0. The first-order valence-corrected chi connectivity index (χ1v) is 6.05. The van der Waals surface area contributed by atoms with Gasteiger partial charge in [-0.1, -0.05) is 0 Å². The van der Waals surface area contributed by atoms with Crippen LogP contribution in [-0.4, -0.2) is 24.6 Å². The van der Waals surface area contributed by atoms with Crippen molar-refractivity contribution in [1.82, 2.24) is 5.32 Å². The van der Waals surface area contributed by atoms with Crippen LogP contribution in [0.2, 0.25) is 0 Å². The van der Waals surface area contributed by atoms with Gasteiger partial charge in [-0.05, 0) is 37.9 Å². The van der Waals surface area contributed by atoms with Crippen LogP contribution >= 0.6 is 0 Å². The third-order valence-corrected chi connectivity index (χ3v) is 3.14. The summed E-state index contributed by atoms with van der Waals surface area (Å²) in [5.41, 5.74) is 0.101. The smallest absolute Gasteiger partial charge is 0.272 e. The third-order valence-electron chi connectivity index (χ3n) is 3.14. The normalized spacial score (nSPS) is 19.5. The molecule has 1 atom stereocenters. The van der Waals surface area contributed by atoms with Crippen molar-refractivity contribution in [3.05, 3.63) is 34.1 Å².